The summed E-state index contributed by atoms with van der Waals surface area (Å²) < 4.78 is 5.38. The van der Waals surface area contributed by atoms with Crippen molar-refractivity contribution >= 4 is 29.0 Å². The Hall–Kier alpha value is -1.73. The second-order valence-corrected chi connectivity index (χ2v) is 6.84. The first-order valence-corrected chi connectivity index (χ1v) is 8.02. The van der Waals surface area contributed by atoms with E-state index in [0.717, 1.165) is 0 Å². The minimum Gasteiger partial charge on any atom is -0.481 e. The Morgan fingerprint density at radius 2 is 2.23 bits per heavy atom. The Kier molecular flexibility index (Phi) is 3.78. The predicted octanol–water partition coefficient (Wildman–Crippen LogP) is 1.51. The number of amides is 1. The molecular weight excluding hydrogens is 306 g/mol. The summed E-state index contributed by atoms with van der Waals surface area (Å²) in [7, 11) is 0. The van der Waals surface area contributed by atoms with Gasteiger partial charge in [-0.15, -0.1) is 11.3 Å². The van der Waals surface area contributed by atoms with Gasteiger partial charge in [0.2, 0.25) is 0 Å². The monoisotopic (exact) mass is 323 g/mol. The van der Waals surface area contributed by atoms with E-state index in [0.29, 0.717) is 36.6 Å². The molecule has 2 fully saturated rings. The third-order valence-electron chi connectivity index (χ3n) is 4.64. The molecule has 1 aromatic rings. The molecule has 118 valence electrons. The van der Waals surface area contributed by atoms with E-state index < -0.39 is 11.4 Å². The lowest BCUT2D eigenvalue weighted by atomic mass is 9.74. The number of carbonyl (C=O) groups is 3. The minimum atomic E-state index is -0.894. The van der Waals surface area contributed by atoms with Gasteiger partial charge < -0.3 is 14.7 Å². The van der Waals surface area contributed by atoms with E-state index >= 15 is 0 Å². The minimum absolute atomic E-state index is 0.0826. The summed E-state index contributed by atoms with van der Waals surface area (Å²) in [6, 6.07) is 1.58. The average molecular weight is 323 g/mol. The summed E-state index contributed by atoms with van der Waals surface area (Å²) in [6.45, 7) is 2.84. The maximum absolute atomic E-state index is 12.6. The van der Waals surface area contributed by atoms with Crippen molar-refractivity contribution in [3.05, 3.63) is 21.9 Å². The molecule has 1 N–H and O–H groups in total. The zero-order valence-corrected chi connectivity index (χ0v) is 13.0. The molecule has 2 atom stereocenters. The zero-order chi connectivity index (χ0) is 15.9. The van der Waals surface area contributed by atoms with Gasteiger partial charge >= 0.3 is 5.97 Å². The number of carboxylic acids is 1. The number of Topliss-reactive ketones (excluding diaryl/α,β-unsaturated/α-hetero) is 1. The molecule has 0 bridgehead atoms. The number of aliphatic carboxylic acids is 1. The number of rotatable bonds is 3. The lowest BCUT2D eigenvalue weighted by molar-refractivity contribution is -0.157. The second-order valence-electron chi connectivity index (χ2n) is 5.92. The summed E-state index contributed by atoms with van der Waals surface area (Å²) in [5, 5.41) is 11.3. The maximum Gasteiger partial charge on any atom is 0.311 e. The molecule has 2 saturated heterocycles. The fourth-order valence-electron chi connectivity index (χ4n) is 3.24. The van der Waals surface area contributed by atoms with Gasteiger partial charge in [-0.1, -0.05) is 0 Å². The fourth-order valence-corrected chi connectivity index (χ4v) is 4.16. The molecule has 0 radical (unpaired) electrons. The number of carboxylic acid groups (broad SMARTS) is 1. The Morgan fingerprint density at radius 3 is 2.82 bits per heavy atom. The van der Waals surface area contributed by atoms with Crippen LogP contribution >= 0.6 is 11.3 Å². The van der Waals surface area contributed by atoms with Gasteiger partial charge in [0.25, 0.3) is 5.91 Å². The standard InChI is InChI=1S/C15H17NO5S/c1-9(17)10-4-12(22-7-10)13(18)16-5-11-6-21-3-2-15(11,8-16)14(19)20/h4,7,11H,2-3,5-6,8H2,1H3,(H,19,20)/t11-,15+/m0/s1. The van der Waals surface area contributed by atoms with Gasteiger partial charge in [0.05, 0.1) is 16.9 Å². The highest BCUT2D eigenvalue weighted by Gasteiger charge is 2.55. The van der Waals surface area contributed by atoms with Crippen molar-refractivity contribution in [1.82, 2.24) is 4.90 Å². The van der Waals surface area contributed by atoms with Crippen LogP contribution in [0.15, 0.2) is 11.4 Å². The van der Waals surface area contributed by atoms with Crippen LogP contribution in [0.3, 0.4) is 0 Å². The number of hydrogen-bond donors (Lipinski definition) is 1. The van der Waals surface area contributed by atoms with E-state index in [2.05, 4.69) is 0 Å². The average Bonchev–Trinajstić information content (AvgIpc) is 3.11. The normalized spacial score (nSPS) is 27.5. The molecule has 6 nitrogen and oxygen atoms in total. The smallest absolute Gasteiger partial charge is 0.311 e. The van der Waals surface area contributed by atoms with Crippen molar-refractivity contribution in [3.8, 4) is 0 Å². The number of hydrogen-bond acceptors (Lipinski definition) is 5. The molecule has 0 spiro atoms. The largest absolute Gasteiger partial charge is 0.481 e. The van der Waals surface area contributed by atoms with Crippen LogP contribution in [0.1, 0.15) is 33.4 Å². The Morgan fingerprint density at radius 1 is 1.45 bits per heavy atom. The van der Waals surface area contributed by atoms with Crippen molar-refractivity contribution in [3.63, 3.8) is 0 Å². The van der Waals surface area contributed by atoms with E-state index in [-0.39, 0.29) is 24.2 Å². The SMILES string of the molecule is CC(=O)c1csc(C(=O)N2C[C@H]3COCC[C@@]3(C(=O)O)C2)c1. The van der Waals surface area contributed by atoms with Gasteiger partial charge in [-0.3, -0.25) is 14.4 Å². The van der Waals surface area contributed by atoms with Crippen molar-refractivity contribution < 1.29 is 24.2 Å². The first-order valence-electron chi connectivity index (χ1n) is 7.14. The Bertz CT molecular complexity index is 640. The van der Waals surface area contributed by atoms with Gasteiger partial charge in [0.15, 0.2) is 5.78 Å². The van der Waals surface area contributed by atoms with Crippen molar-refractivity contribution in [2.45, 2.75) is 13.3 Å². The van der Waals surface area contributed by atoms with E-state index in [1.807, 2.05) is 0 Å². The molecule has 22 heavy (non-hydrogen) atoms. The molecule has 0 aromatic carbocycles. The summed E-state index contributed by atoms with van der Waals surface area (Å²) in [5.41, 5.74) is -0.379. The number of thiophene rings is 1. The lowest BCUT2D eigenvalue weighted by Crippen LogP contribution is -2.45. The number of ketones is 1. The quantitative estimate of drug-likeness (QED) is 0.853. The molecule has 0 aliphatic carbocycles. The summed E-state index contributed by atoms with van der Waals surface area (Å²) >= 11 is 1.22. The lowest BCUT2D eigenvalue weighted by Gasteiger charge is -2.33. The van der Waals surface area contributed by atoms with E-state index in [1.165, 1.54) is 18.3 Å². The van der Waals surface area contributed by atoms with Crippen LogP contribution in [-0.2, 0) is 9.53 Å². The topological polar surface area (TPSA) is 83.9 Å². The third-order valence-corrected chi connectivity index (χ3v) is 5.55. The van der Waals surface area contributed by atoms with E-state index in [4.69, 9.17) is 4.74 Å². The Balaban J connectivity index is 1.82. The van der Waals surface area contributed by atoms with Crippen LogP contribution in [0.25, 0.3) is 0 Å². The summed E-state index contributed by atoms with van der Waals surface area (Å²) in [4.78, 5) is 37.7. The number of nitrogens with zero attached hydrogens (tertiary/aromatic N) is 1. The third kappa shape index (κ3) is 2.34. The van der Waals surface area contributed by atoms with Gasteiger partial charge in [-0.2, -0.15) is 0 Å². The van der Waals surface area contributed by atoms with E-state index in [9.17, 15) is 19.5 Å². The molecule has 3 heterocycles. The number of likely N-dealkylation sites (tertiary alicyclic amines) is 1. The number of ether oxygens (including phenoxy) is 1. The van der Waals surface area contributed by atoms with Crippen molar-refractivity contribution in [1.29, 1.82) is 0 Å². The van der Waals surface area contributed by atoms with Crippen LogP contribution in [0.2, 0.25) is 0 Å². The van der Waals surface area contributed by atoms with Crippen LogP contribution in [0, 0.1) is 11.3 Å². The number of fused-ring (bicyclic) bond motifs is 1. The van der Waals surface area contributed by atoms with Crippen LogP contribution < -0.4 is 0 Å². The predicted molar refractivity (Wildman–Crippen MR) is 79.2 cm³/mol. The highest BCUT2D eigenvalue weighted by molar-refractivity contribution is 7.12. The molecule has 1 aromatic heterocycles. The fraction of sp³-hybridized carbons (Fsp3) is 0.533. The van der Waals surface area contributed by atoms with Gasteiger partial charge in [0, 0.05) is 36.6 Å². The molecule has 2 aliphatic heterocycles. The van der Waals surface area contributed by atoms with E-state index in [1.54, 1.807) is 16.3 Å². The Labute approximate surface area is 131 Å². The molecule has 0 unspecified atom stereocenters. The summed E-state index contributed by atoms with van der Waals surface area (Å²) in [6.07, 6.45) is 0.430. The molecular formula is C15H17NO5S. The maximum atomic E-state index is 12.6. The molecule has 3 rings (SSSR count). The van der Waals surface area contributed by atoms with Gasteiger partial charge in [-0.05, 0) is 19.4 Å². The zero-order valence-electron chi connectivity index (χ0n) is 12.2. The highest BCUT2D eigenvalue weighted by Crippen LogP contribution is 2.43. The van der Waals surface area contributed by atoms with Gasteiger partial charge in [-0.25, -0.2) is 0 Å². The van der Waals surface area contributed by atoms with Crippen LogP contribution in [0.5, 0.6) is 0 Å². The van der Waals surface area contributed by atoms with Crippen LogP contribution in [0.4, 0.5) is 0 Å². The molecule has 2 aliphatic rings. The number of carbonyl (C=O) groups excluding carboxylic acids is 2. The highest BCUT2D eigenvalue weighted by atomic mass is 32.1. The first kappa shape index (κ1) is 15.2. The van der Waals surface area contributed by atoms with Crippen LogP contribution in [-0.4, -0.2) is 54.0 Å². The van der Waals surface area contributed by atoms with Crippen molar-refractivity contribution in [2.24, 2.45) is 11.3 Å². The summed E-state index contributed by atoms with van der Waals surface area (Å²) in [5.74, 6) is -1.31. The molecule has 1 amide bonds. The van der Waals surface area contributed by atoms with Crippen molar-refractivity contribution in [2.75, 3.05) is 26.3 Å². The second kappa shape index (κ2) is 5.48. The molecule has 7 heteroatoms. The first-order chi connectivity index (χ1) is 10.4. The van der Waals surface area contributed by atoms with Gasteiger partial charge in [0.1, 0.15) is 0 Å². The molecule has 0 saturated carbocycles.